The predicted molar refractivity (Wildman–Crippen MR) is 56.6 cm³/mol. The molecule has 1 heteroatoms. The summed E-state index contributed by atoms with van der Waals surface area (Å²) in [4.78, 5) is 0. The van der Waals surface area contributed by atoms with Crippen molar-refractivity contribution in [2.75, 3.05) is 6.61 Å². The lowest BCUT2D eigenvalue weighted by atomic mass is 9.80. The third-order valence-electron chi connectivity index (χ3n) is 4.79. The maximum absolute atomic E-state index is 9.47. The Morgan fingerprint density at radius 2 is 2.07 bits per heavy atom. The van der Waals surface area contributed by atoms with Crippen molar-refractivity contribution in [2.24, 2.45) is 35.5 Å². The molecular formula is C13H18O. The number of aliphatic hydroxyl groups is 1. The van der Waals surface area contributed by atoms with Gasteiger partial charge in [0.05, 0.1) is 0 Å². The Hall–Kier alpha value is -0.560. The zero-order valence-corrected chi connectivity index (χ0v) is 8.47. The van der Waals surface area contributed by atoms with E-state index in [1.165, 1.54) is 12.8 Å². The van der Waals surface area contributed by atoms with Crippen LogP contribution >= 0.6 is 0 Å². The fraction of sp³-hybridized carbons (Fsp3) is 0.692. The van der Waals surface area contributed by atoms with Gasteiger partial charge in [-0.2, -0.15) is 0 Å². The highest BCUT2D eigenvalue weighted by atomic mass is 16.3. The first-order valence-electron chi connectivity index (χ1n) is 5.77. The second-order valence-corrected chi connectivity index (χ2v) is 5.17. The van der Waals surface area contributed by atoms with Gasteiger partial charge in [0.25, 0.3) is 0 Å². The van der Waals surface area contributed by atoms with Gasteiger partial charge in [0.15, 0.2) is 0 Å². The lowest BCUT2D eigenvalue weighted by molar-refractivity contribution is 0.154. The lowest BCUT2D eigenvalue weighted by Gasteiger charge is -2.25. The first-order valence-corrected chi connectivity index (χ1v) is 5.77. The van der Waals surface area contributed by atoms with Crippen LogP contribution in [0.5, 0.6) is 0 Å². The van der Waals surface area contributed by atoms with Gasteiger partial charge in [-0.3, -0.25) is 0 Å². The largest absolute Gasteiger partial charge is 0.396 e. The van der Waals surface area contributed by atoms with Gasteiger partial charge in [0.2, 0.25) is 0 Å². The minimum Gasteiger partial charge on any atom is -0.396 e. The Kier molecular flexibility index (Phi) is 1.85. The number of fused-ring (bicyclic) bond motifs is 5. The molecule has 0 aromatic rings. The molecule has 3 rings (SSSR count). The molecule has 76 valence electrons. The van der Waals surface area contributed by atoms with Crippen molar-refractivity contribution in [3.63, 3.8) is 0 Å². The molecule has 0 heterocycles. The van der Waals surface area contributed by atoms with E-state index < -0.39 is 0 Å². The van der Waals surface area contributed by atoms with Crippen LogP contribution in [0.3, 0.4) is 0 Å². The molecule has 0 aliphatic heterocycles. The number of rotatable bonds is 2. The molecule has 2 fully saturated rings. The molecule has 1 N–H and O–H groups in total. The highest BCUT2D eigenvalue weighted by Crippen LogP contribution is 2.59. The SMILES string of the molecule is C=CC1CC2C3C=CC(C3)C2C1CO. The maximum atomic E-state index is 9.47. The van der Waals surface area contributed by atoms with Crippen molar-refractivity contribution in [1.82, 2.24) is 0 Å². The van der Waals surface area contributed by atoms with E-state index in [-0.39, 0.29) is 0 Å². The summed E-state index contributed by atoms with van der Waals surface area (Å²) in [5.41, 5.74) is 0. The van der Waals surface area contributed by atoms with E-state index in [9.17, 15) is 5.11 Å². The first kappa shape index (κ1) is 8.72. The molecule has 2 bridgehead atoms. The van der Waals surface area contributed by atoms with Gasteiger partial charge in [-0.05, 0) is 48.3 Å². The molecular weight excluding hydrogens is 172 g/mol. The molecule has 6 atom stereocenters. The van der Waals surface area contributed by atoms with Gasteiger partial charge in [-0.25, -0.2) is 0 Å². The Balaban J connectivity index is 1.90. The minimum atomic E-state index is 0.356. The van der Waals surface area contributed by atoms with Crippen LogP contribution in [0.2, 0.25) is 0 Å². The number of allylic oxidation sites excluding steroid dienone is 3. The quantitative estimate of drug-likeness (QED) is 0.662. The summed E-state index contributed by atoms with van der Waals surface area (Å²) in [6.07, 6.45) is 9.49. The molecule has 2 saturated carbocycles. The van der Waals surface area contributed by atoms with E-state index in [1.807, 2.05) is 0 Å². The zero-order chi connectivity index (χ0) is 9.71. The van der Waals surface area contributed by atoms with E-state index in [2.05, 4.69) is 24.8 Å². The Morgan fingerprint density at radius 3 is 2.79 bits per heavy atom. The smallest absolute Gasteiger partial charge is 0.0467 e. The second kappa shape index (κ2) is 2.96. The van der Waals surface area contributed by atoms with E-state index >= 15 is 0 Å². The average Bonchev–Trinajstić information content (AvgIpc) is 2.87. The van der Waals surface area contributed by atoms with E-state index in [0.717, 1.165) is 23.7 Å². The highest BCUT2D eigenvalue weighted by molar-refractivity contribution is 5.18. The van der Waals surface area contributed by atoms with Crippen molar-refractivity contribution in [2.45, 2.75) is 12.8 Å². The van der Waals surface area contributed by atoms with E-state index in [4.69, 9.17) is 0 Å². The molecule has 14 heavy (non-hydrogen) atoms. The summed E-state index contributed by atoms with van der Waals surface area (Å²) in [6, 6.07) is 0. The highest BCUT2D eigenvalue weighted by Gasteiger charge is 2.53. The molecule has 0 radical (unpaired) electrons. The van der Waals surface area contributed by atoms with Gasteiger partial charge in [0.1, 0.15) is 0 Å². The molecule has 1 nitrogen and oxygen atoms in total. The summed E-state index contributed by atoms with van der Waals surface area (Å²) in [5, 5.41) is 9.47. The van der Waals surface area contributed by atoms with Crippen molar-refractivity contribution < 1.29 is 5.11 Å². The van der Waals surface area contributed by atoms with Gasteiger partial charge in [-0.1, -0.05) is 18.2 Å². The number of aliphatic hydroxyl groups excluding tert-OH is 1. The monoisotopic (exact) mass is 190 g/mol. The van der Waals surface area contributed by atoms with Gasteiger partial charge < -0.3 is 5.11 Å². The average molecular weight is 190 g/mol. The number of hydrogen-bond donors (Lipinski definition) is 1. The van der Waals surface area contributed by atoms with Crippen LogP contribution in [0, 0.1) is 35.5 Å². The van der Waals surface area contributed by atoms with Crippen LogP contribution in [-0.4, -0.2) is 11.7 Å². The van der Waals surface area contributed by atoms with Crippen molar-refractivity contribution in [3.05, 3.63) is 24.8 Å². The fourth-order valence-electron chi connectivity index (χ4n) is 4.23. The van der Waals surface area contributed by atoms with Gasteiger partial charge in [0, 0.05) is 6.61 Å². The molecule has 0 aromatic heterocycles. The normalized spacial score (nSPS) is 53.8. The second-order valence-electron chi connectivity index (χ2n) is 5.17. The third kappa shape index (κ3) is 0.939. The topological polar surface area (TPSA) is 20.2 Å². The Labute approximate surface area is 85.5 Å². The van der Waals surface area contributed by atoms with Crippen LogP contribution in [0.25, 0.3) is 0 Å². The van der Waals surface area contributed by atoms with Gasteiger partial charge in [-0.15, -0.1) is 6.58 Å². The van der Waals surface area contributed by atoms with Crippen molar-refractivity contribution in [1.29, 1.82) is 0 Å². The maximum Gasteiger partial charge on any atom is 0.0467 e. The Bertz CT molecular complexity index is 281. The lowest BCUT2D eigenvalue weighted by Crippen LogP contribution is -2.23. The summed E-state index contributed by atoms with van der Waals surface area (Å²) in [5.74, 6) is 4.27. The standard InChI is InChI=1S/C13H18O/c1-2-8-6-11-9-3-4-10(5-9)13(11)12(8)7-14/h2-4,8-14H,1,5-7H2. The zero-order valence-electron chi connectivity index (χ0n) is 8.47. The third-order valence-corrected chi connectivity index (χ3v) is 4.79. The van der Waals surface area contributed by atoms with Crippen LogP contribution in [0.1, 0.15) is 12.8 Å². The molecule has 6 unspecified atom stereocenters. The molecule has 0 amide bonds. The van der Waals surface area contributed by atoms with Crippen molar-refractivity contribution >= 4 is 0 Å². The van der Waals surface area contributed by atoms with Crippen LogP contribution in [-0.2, 0) is 0 Å². The van der Waals surface area contributed by atoms with Gasteiger partial charge >= 0.3 is 0 Å². The Morgan fingerprint density at radius 1 is 1.29 bits per heavy atom. The van der Waals surface area contributed by atoms with Crippen LogP contribution < -0.4 is 0 Å². The summed E-state index contributed by atoms with van der Waals surface area (Å²) < 4.78 is 0. The van der Waals surface area contributed by atoms with Crippen molar-refractivity contribution in [3.8, 4) is 0 Å². The fourth-order valence-corrected chi connectivity index (χ4v) is 4.23. The molecule has 0 spiro atoms. The minimum absolute atomic E-state index is 0.356. The molecule has 3 aliphatic carbocycles. The molecule has 0 saturated heterocycles. The summed E-state index contributed by atoms with van der Waals surface area (Å²) >= 11 is 0. The van der Waals surface area contributed by atoms with E-state index in [1.54, 1.807) is 0 Å². The number of hydrogen-bond acceptors (Lipinski definition) is 1. The summed E-state index contributed by atoms with van der Waals surface area (Å²) in [7, 11) is 0. The van der Waals surface area contributed by atoms with Crippen LogP contribution in [0.15, 0.2) is 24.8 Å². The predicted octanol–water partition coefficient (Wildman–Crippen LogP) is 2.24. The first-order chi connectivity index (χ1) is 6.85. The summed E-state index contributed by atoms with van der Waals surface area (Å²) in [6.45, 7) is 4.26. The molecule has 3 aliphatic rings. The van der Waals surface area contributed by atoms with E-state index in [0.29, 0.717) is 18.4 Å². The van der Waals surface area contributed by atoms with Crippen LogP contribution in [0.4, 0.5) is 0 Å². The molecule has 0 aromatic carbocycles.